The predicted octanol–water partition coefficient (Wildman–Crippen LogP) is 4.24. The summed E-state index contributed by atoms with van der Waals surface area (Å²) in [4.78, 5) is -0.278. The van der Waals surface area contributed by atoms with E-state index in [1.54, 1.807) is 0 Å². The van der Waals surface area contributed by atoms with E-state index in [2.05, 4.69) is 4.72 Å². The third kappa shape index (κ3) is 6.77. The second kappa shape index (κ2) is 11.9. The predicted molar refractivity (Wildman–Crippen MR) is 136 cm³/mol. The van der Waals surface area contributed by atoms with Gasteiger partial charge in [0.25, 0.3) is 0 Å². The molecule has 2 aromatic carbocycles. The second-order valence-corrected chi connectivity index (χ2v) is 14.4. The Morgan fingerprint density at radius 2 is 1.68 bits per heavy atom. The van der Waals surface area contributed by atoms with Crippen LogP contribution in [0.4, 0.5) is 22.0 Å². The Morgan fingerprint density at radius 3 is 2.33 bits per heavy atom. The average molecular weight is 612 g/mol. The van der Waals surface area contributed by atoms with Crippen LogP contribution in [-0.4, -0.2) is 52.2 Å². The van der Waals surface area contributed by atoms with Crippen molar-refractivity contribution >= 4 is 19.9 Å². The number of aliphatic hydroxyl groups excluding tert-OH is 1. The molecule has 0 amide bonds. The average Bonchev–Trinajstić information content (AvgIpc) is 2.89. The summed E-state index contributed by atoms with van der Waals surface area (Å²) < 4.78 is 127. The lowest BCUT2D eigenvalue weighted by Crippen LogP contribution is -2.54. The van der Waals surface area contributed by atoms with E-state index < -0.39 is 72.1 Å². The van der Waals surface area contributed by atoms with E-state index in [0.29, 0.717) is 12.1 Å². The number of sulfone groups is 1. The molecule has 4 atom stereocenters. The minimum atomic E-state index is -4.61. The molecule has 1 saturated heterocycles. The zero-order valence-electron chi connectivity index (χ0n) is 21.3. The Labute approximate surface area is 229 Å². The zero-order valence-corrected chi connectivity index (χ0v) is 23.0. The van der Waals surface area contributed by atoms with Crippen LogP contribution in [0.15, 0.2) is 41.3 Å². The summed E-state index contributed by atoms with van der Waals surface area (Å²) in [5.74, 6) is -2.76. The molecule has 40 heavy (non-hydrogen) atoms. The number of hydrogen-bond donors (Lipinski definition) is 2. The highest BCUT2D eigenvalue weighted by Crippen LogP contribution is 2.40. The quantitative estimate of drug-likeness (QED) is 0.411. The van der Waals surface area contributed by atoms with E-state index in [1.807, 2.05) is 0 Å². The highest BCUT2D eigenvalue weighted by molar-refractivity contribution is 7.91. The first-order valence-electron chi connectivity index (χ1n) is 12.8. The Balaban J connectivity index is 1.51. The SMILES string of the molecule is O=S(=O)(CCC[C@H]1NS(=O)(=O)[C@H](CCCO)C[C@H]1[C@@H]1COc2c(F)ccc(F)c2C1)c1ccc(C(F)(F)F)cc1. The van der Waals surface area contributed by atoms with Crippen molar-refractivity contribution in [3.05, 3.63) is 59.2 Å². The van der Waals surface area contributed by atoms with Crippen molar-refractivity contribution in [2.75, 3.05) is 19.0 Å². The number of aliphatic hydroxyl groups is 1. The highest BCUT2D eigenvalue weighted by atomic mass is 32.2. The van der Waals surface area contributed by atoms with Gasteiger partial charge in [0, 0.05) is 24.1 Å². The minimum Gasteiger partial charge on any atom is -0.490 e. The van der Waals surface area contributed by atoms with Crippen molar-refractivity contribution in [2.24, 2.45) is 11.8 Å². The van der Waals surface area contributed by atoms with Gasteiger partial charge in [-0.2, -0.15) is 13.2 Å². The molecule has 1 fully saturated rings. The van der Waals surface area contributed by atoms with Crippen LogP contribution in [0.5, 0.6) is 5.75 Å². The van der Waals surface area contributed by atoms with Gasteiger partial charge in [0.15, 0.2) is 21.4 Å². The van der Waals surface area contributed by atoms with Gasteiger partial charge < -0.3 is 9.84 Å². The number of hydrogen-bond acceptors (Lipinski definition) is 6. The molecule has 0 bridgehead atoms. The molecule has 0 aliphatic carbocycles. The van der Waals surface area contributed by atoms with Crippen molar-refractivity contribution in [1.29, 1.82) is 0 Å². The molecule has 7 nitrogen and oxygen atoms in total. The standard InChI is InChI=1S/C26H30F5NO6S2/c27-22-9-10-23(28)25-21(22)13-16(15-38-25)20-14-19(3-1-11-33)40(36,37)32-24(20)4-2-12-39(34,35)18-7-5-17(6-8-18)26(29,30)31/h5-10,16,19-20,24,32-33H,1-4,11-15H2/t16-,19+,20-,24+/m0/s1. The van der Waals surface area contributed by atoms with Gasteiger partial charge in [-0.25, -0.2) is 30.3 Å². The van der Waals surface area contributed by atoms with Crippen LogP contribution < -0.4 is 9.46 Å². The Morgan fingerprint density at radius 1 is 1.00 bits per heavy atom. The van der Waals surface area contributed by atoms with E-state index in [9.17, 15) is 43.9 Å². The molecule has 2 aromatic rings. The second-order valence-electron chi connectivity index (χ2n) is 10.3. The molecular formula is C26H30F5NO6S2. The van der Waals surface area contributed by atoms with Crippen LogP contribution in [0, 0.1) is 23.5 Å². The van der Waals surface area contributed by atoms with Gasteiger partial charge in [-0.1, -0.05) is 0 Å². The summed E-state index contributed by atoms with van der Waals surface area (Å²) in [5, 5.41) is 8.38. The molecular weight excluding hydrogens is 581 g/mol. The van der Waals surface area contributed by atoms with Crippen molar-refractivity contribution in [2.45, 2.75) is 60.9 Å². The summed E-state index contributed by atoms with van der Waals surface area (Å²) >= 11 is 0. The van der Waals surface area contributed by atoms with Gasteiger partial charge in [-0.05, 0) is 80.8 Å². The molecule has 0 radical (unpaired) electrons. The molecule has 4 rings (SSSR count). The molecule has 14 heteroatoms. The third-order valence-electron chi connectivity index (χ3n) is 7.63. The van der Waals surface area contributed by atoms with E-state index in [4.69, 9.17) is 4.74 Å². The number of ether oxygens (including phenoxy) is 1. The van der Waals surface area contributed by atoms with E-state index >= 15 is 0 Å². The first-order chi connectivity index (χ1) is 18.7. The molecule has 0 aromatic heterocycles. The number of fused-ring (bicyclic) bond motifs is 1. The number of alkyl halides is 3. The summed E-state index contributed by atoms with van der Waals surface area (Å²) in [7, 11) is -7.78. The molecule has 222 valence electrons. The number of halogens is 5. The number of rotatable bonds is 9. The van der Waals surface area contributed by atoms with E-state index in [1.165, 1.54) is 0 Å². The molecule has 2 aliphatic rings. The Kier molecular flexibility index (Phi) is 9.13. The van der Waals surface area contributed by atoms with Gasteiger partial charge in [0.1, 0.15) is 5.82 Å². The maximum absolute atomic E-state index is 14.5. The van der Waals surface area contributed by atoms with E-state index in [0.717, 1.165) is 24.3 Å². The van der Waals surface area contributed by atoms with Crippen molar-refractivity contribution in [3.63, 3.8) is 0 Å². The lowest BCUT2D eigenvalue weighted by atomic mass is 9.77. The van der Waals surface area contributed by atoms with Crippen molar-refractivity contribution in [1.82, 2.24) is 4.72 Å². The largest absolute Gasteiger partial charge is 0.490 e. The fraction of sp³-hybridized carbons (Fsp3) is 0.538. The highest BCUT2D eigenvalue weighted by Gasteiger charge is 2.44. The van der Waals surface area contributed by atoms with Crippen LogP contribution >= 0.6 is 0 Å². The van der Waals surface area contributed by atoms with Crippen LogP contribution in [0.2, 0.25) is 0 Å². The van der Waals surface area contributed by atoms with Gasteiger partial charge in [-0.15, -0.1) is 0 Å². The number of nitrogens with one attached hydrogen (secondary N) is 1. The fourth-order valence-corrected chi connectivity index (χ4v) is 8.74. The molecule has 2 aliphatic heterocycles. The van der Waals surface area contributed by atoms with Gasteiger partial charge in [0.05, 0.1) is 28.1 Å². The lowest BCUT2D eigenvalue weighted by molar-refractivity contribution is -0.137. The van der Waals surface area contributed by atoms with E-state index in [-0.39, 0.29) is 67.9 Å². The topological polar surface area (TPSA) is 110 Å². The monoisotopic (exact) mass is 611 g/mol. The summed E-state index contributed by atoms with van der Waals surface area (Å²) in [5.41, 5.74) is -0.922. The first kappa shape index (κ1) is 30.7. The minimum absolute atomic E-state index is 0.00149. The zero-order chi connectivity index (χ0) is 29.3. The third-order valence-corrected chi connectivity index (χ3v) is 11.4. The van der Waals surface area contributed by atoms with Crippen LogP contribution in [0.25, 0.3) is 0 Å². The lowest BCUT2D eigenvalue weighted by Gasteiger charge is -2.42. The summed E-state index contributed by atoms with van der Waals surface area (Å²) in [6.07, 6.45) is -3.83. The molecule has 2 N–H and O–H groups in total. The van der Waals surface area contributed by atoms with Crippen LogP contribution in [-0.2, 0) is 32.5 Å². The Hall–Kier alpha value is -2.29. The summed E-state index contributed by atoms with van der Waals surface area (Å²) in [6.45, 7) is -0.195. The maximum Gasteiger partial charge on any atom is 0.416 e. The first-order valence-corrected chi connectivity index (χ1v) is 16.0. The van der Waals surface area contributed by atoms with Gasteiger partial charge in [-0.3, -0.25) is 0 Å². The molecule has 0 saturated carbocycles. The number of benzene rings is 2. The molecule has 0 unspecified atom stereocenters. The van der Waals surface area contributed by atoms with Crippen molar-refractivity contribution in [3.8, 4) is 5.75 Å². The normalized spacial score (nSPS) is 24.8. The van der Waals surface area contributed by atoms with Crippen LogP contribution in [0.3, 0.4) is 0 Å². The number of sulfonamides is 1. The van der Waals surface area contributed by atoms with Crippen molar-refractivity contribution < 1.29 is 48.6 Å². The fourth-order valence-electron chi connectivity index (χ4n) is 5.55. The summed E-state index contributed by atoms with van der Waals surface area (Å²) in [6, 6.07) is 4.39. The van der Waals surface area contributed by atoms with Gasteiger partial charge >= 0.3 is 6.18 Å². The maximum atomic E-state index is 14.5. The van der Waals surface area contributed by atoms with Crippen LogP contribution in [0.1, 0.15) is 43.2 Å². The van der Waals surface area contributed by atoms with Gasteiger partial charge in [0.2, 0.25) is 10.0 Å². The Bertz CT molecular complexity index is 1410. The molecule has 0 spiro atoms. The molecule has 2 heterocycles. The smallest absolute Gasteiger partial charge is 0.416 e.